The molecule has 3 aromatic rings. The molecule has 0 radical (unpaired) electrons. The zero-order valence-corrected chi connectivity index (χ0v) is 12.5. The number of fused-ring (bicyclic) bond motifs is 1. The molecule has 0 saturated heterocycles. The molecule has 4 heteroatoms. The smallest absolute Gasteiger partial charge is 0.163 e. The van der Waals surface area contributed by atoms with Gasteiger partial charge in [-0.1, -0.05) is 43.7 Å². The largest absolute Gasteiger partial charge is 0.369 e. The molecule has 0 amide bonds. The number of aryl methyl sites for hydroxylation is 1. The van der Waals surface area contributed by atoms with Crippen LogP contribution in [0, 0.1) is 6.92 Å². The van der Waals surface area contributed by atoms with Crippen molar-refractivity contribution in [2.24, 2.45) is 0 Å². The van der Waals surface area contributed by atoms with Gasteiger partial charge in [0.15, 0.2) is 5.82 Å². The highest BCUT2D eigenvalue weighted by Crippen LogP contribution is 2.25. The molecule has 0 bridgehead atoms. The molecular weight excluding hydrogens is 260 g/mol. The van der Waals surface area contributed by atoms with E-state index in [0.29, 0.717) is 0 Å². The van der Waals surface area contributed by atoms with Crippen molar-refractivity contribution >= 4 is 16.9 Å². The Hall–Kier alpha value is -2.36. The fourth-order valence-electron chi connectivity index (χ4n) is 2.38. The van der Waals surface area contributed by atoms with Crippen molar-refractivity contribution in [1.82, 2.24) is 15.0 Å². The van der Waals surface area contributed by atoms with Crippen LogP contribution in [0.25, 0.3) is 22.4 Å². The van der Waals surface area contributed by atoms with Gasteiger partial charge < -0.3 is 10.3 Å². The van der Waals surface area contributed by atoms with Crippen LogP contribution in [0.4, 0.5) is 5.82 Å². The lowest BCUT2D eigenvalue weighted by Gasteiger charge is -2.08. The molecule has 108 valence electrons. The second-order valence-corrected chi connectivity index (χ2v) is 5.26. The maximum atomic E-state index is 4.71. The lowest BCUT2D eigenvalue weighted by molar-refractivity contribution is 0.832. The first-order valence-electron chi connectivity index (χ1n) is 7.44. The highest BCUT2D eigenvalue weighted by Gasteiger charge is 2.10. The zero-order chi connectivity index (χ0) is 14.7. The first-order chi connectivity index (χ1) is 10.3. The Balaban J connectivity index is 2.06. The van der Waals surface area contributed by atoms with Gasteiger partial charge in [-0.25, -0.2) is 9.97 Å². The molecule has 0 spiro atoms. The highest BCUT2D eigenvalue weighted by atomic mass is 15.1. The number of hydrogen-bond acceptors (Lipinski definition) is 3. The van der Waals surface area contributed by atoms with Gasteiger partial charge in [0.2, 0.25) is 0 Å². The Morgan fingerprint density at radius 2 is 1.95 bits per heavy atom. The molecule has 2 N–H and O–H groups in total. The summed E-state index contributed by atoms with van der Waals surface area (Å²) in [5, 5.41) is 4.50. The van der Waals surface area contributed by atoms with Crippen LogP contribution in [0.2, 0.25) is 0 Å². The second kappa shape index (κ2) is 5.95. The number of nitrogens with zero attached hydrogens (tertiary/aromatic N) is 2. The first-order valence-corrected chi connectivity index (χ1v) is 7.44. The van der Waals surface area contributed by atoms with E-state index in [1.54, 1.807) is 0 Å². The van der Waals surface area contributed by atoms with Gasteiger partial charge in [-0.3, -0.25) is 0 Å². The molecule has 1 aromatic carbocycles. The summed E-state index contributed by atoms with van der Waals surface area (Å²) in [6, 6.07) is 12.2. The Bertz CT molecular complexity index is 731. The fraction of sp³-hybridized carbons (Fsp3) is 0.294. The van der Waals surface area contributed by atoms with Crippen LogP contribution in [0.3, 0.4) is 0 Å². The Morgan fingerprint density at radius 3 is 2.71 bits per heavy atom. The van der Waals surface area contributed by atoms with Crippen molar-refractivity contribution < 1.29 is 0 Å². The van der Waals surface area contributed by atoms with Crippen molar-refractivity contribution in [2.75, 3.05) is 11.9 Å². The number of nitrogens with one attached hydrogen (secondary N) is 2. The molecule has 0 unspecified atom stereocenters. The number of anilines is 1. The van der Waals surface area contributed by atoms with Crippen molar-refractivity contribution in [3.05, 3.63) is 42.1 Å². The van der Waals surface area contributed by atoms with Gasteiger partial charge in [-0.15, -0.1) is 0 Å². The molecule has 0 aliphatic heterocycles. The molecule has 4 nitrogen and oxygen atoms in total. The predicted octanol–water partition coefficient (Wildman–Crippen LogP) is 4.15. The van der Waals surface area contributed by atoms with Crippen molar-refractivity contribution in [3.8, 4) is 11.4 Å². The summed E-state index contributed by atoms with van der Waals surface area (Å²) in [5.74, 6) is 1.67. The van der Waals surface area contributed by atoms with Gasteiger partial charge in [-0.2, -0.15) is 0 Å². The average molecular weight is 280 g/mol. The average Bonchev–Trinajstić information content (AvgIpc) is 2.88. The minimum absolute atomic E-state index is 0.754. The lowest BCUT2D eigenvalue weighted by Crippen LogP contribution is -2.05. The Labute approximate surface area is 124 Å². The summed E-state index contributed by atoms with van der Waals surface area (Å²) in [6.07, 6.45) is 2.30. The second-order valence-electron chi connectivity index (χ2n) is 5.26. The monoisotopic (exact) mass is 280 g/mol. The molecule has 0 aliphatic rings. The van der Waals surface area contributed by atoms with Crippen LogP contribution in [-0.4, -0.2) is 21.5 Å². The summed E-state index contributed by atoms with van der Waals surface area (Å²) in [6.45, 7) is 5.16. The van der Waals surface area contributed by atoms with Crippen LogP contribution in [0.5, 0.6) is 0 Å². The maximum absolute atomic E-state index is 4.71. The van der Waals surface area contributed by atoms with E-state index in [9.17, 15) is 0 Å². The maximum Gasteiger partial charge on any atom is 0.163 e. The van der Waals surface area contributed by atoms with E-state index in [1.165, 1.54) is 6.42 Å². The summed E-state index contributed by atoms with van der Waals surface area (Å²) in [7, 11) is 0. The third kappa shape index (κ3) is 2.89. The number of unbranched alkanes of at least 4 members (excludes halogenated alkanes) is 1. The first kappa shape index (κ1) is 13.6. The normalized spacial score (nSPS) is 11.0. The molecule has 0 fully saturated rings. The molecule has 2 heterocycles. The van der Waals surface area contributed by atoms with E-state index in [1.807, 2.05) is 37.3 Å². The molecular formula is C17H20N4. The quantitative estimate of drug-likeness (QED) is 0.690. The van der Waals surface area contributed by atoms with Gasteiger partial charge in [0.05, 0.1) is 5.39 Å². The highest BCUT2D eigenvalue weighted by molar-refractivity contribution is 5.89. The van der Waals surface area contributed by atoms with E-state index in [-0.39, 0.29) is 0 Å². The third-order valence-corrected chi connectivity index (χ3v) is 3.48. The van der Waals surface area contributed by atoms with E-state index < -0.39 is 0 Å². The fourth-order valence-corrected chi connectivity index (χ4v) is 2.38. The van der Waals surface area contributed by atoms with Gasteiger partial charge in [-0.05, 0) is 19.4 Å². The Morgan fingerprint density at radius 1 is 1.14 bits per heavy atom. The van der Waals surface area contributed by atoms with Crippen LogP contribution in [0.1, 0.15) is 25.5 Å². The topological polar surface area (TPSA) is 53.6 Å². The molecule has 2 aromatic heterocycles. The van der Waals surface area contributed by atoms with Crippen LogP contribution < -0.4 is 5.32 Å². The zero-order valence-electron chi connectivity index (χ0n) is 12.5. The van der Waals surface area contributed by atoms with Gasteiger partial charge in [0.1, 0.15) is 11.5 Å². The number of H-pyrrole nitrogens is 1. The van der Waals surface area contributed by atoms with Gasteiger partial charge >= 0.3 is 0 Å². The van der Waals surface area contributed by atoms with Crippen LogP contribution in [0.15, 0.2) is 36.4 Å². The molecule has 0 aliphatic carbocycles. The minimum Gasteiger partial charge on any atom is -0.369 e. The molecule has 21 heavy (non-hydrogen) atoms. The van der Waals surface area contributed by atoms with E-state index >= 15 is 0 Å². The van der Waals surface area contributed by atoms with Crippen molar-refractivity contribution in [3.63, 3.8) is 0 Å². The van der Waals surface area contributed by atoms with Gasteiger partial charge in [0.25, 0.3) is 0 Å². The number of hydrogen-bond donors (Lipinski definition) is 2. The predicted molar refractivity (Wildman–Crippen MR) is 87.5 cm³/mol. The standard InChI is InChI=1S/C17H20N4/c1-3-4-10-18-16-14-11-12(2)19-17(14)21-15(20-16)13-8-6-5-7-9-13/h5-9,11H,3-4,10H2,1-2H3,(H2,18,19,20,21). The van der Waals surface area contributed by atoms with Crippen LogP contribution >= 0.6 is 0 Å². The number of rotatable bonds is 5. The molecule has 0 atom stereocenters. The number of benzene rings is 1. The van der Waals surface area contributed by atoms with Gasteiger partial charge in [0, 0.05) is 17.8 Å². The van der Waals surface area contributed by atoms with Crippen LogP contribution in [-0.2, 0) is 0 Å². The van der Waals surface area contributed by atoms with E-state index in [2.05, 4.69) is 28.3 Å². The minimum atomic E-state index is 0.754. The summed E-state index contributed by atoms with van der Waals surface area (Å²) in [4.78, 5) is 12.7. The molecule has 0 saturated carbocycles. The number of aromatic amines is 1. The SMILES string of the molecule is CCCCNc1nc(-c2ccccc2)nc2[nH]c(C)cc12. The lowest BCUT2D eigenvalue weighted by atomic mass is 10.2. The van der Waals surface area contributed by atoms with Crippen molar-refractivity contribution in [2.45, 2.75) is 26.7 Å². The summed E-state index contributed by atoms with van der Waals surface area (Å²) >= 11 is 0. The van der Waals surface area contributed by atoms with E-state index in [0.717, 1.165) is 46.9 Å². The number of aromatic nitrogens is 3. The van der Waals surface area contributed by atoms with Crippen molar-refractivity contribution in [1.29, 1.82) is 0 Å². The van der Waals surface area contributed by atoms with E-state index in [4.69, 9.17) is 4.98 Å². The summed E-state index contributed by atoms with van der Waals surface area (Å²) in [5.41, 5.74) is 3.02. The third-order valence-electron chi connectivity index (χ3n) is 3.48. The Kier molecular flexibility index (Phi) is 3.86. The molecule has 3 rings (SSSR count). The summed E-state index contributed by atoms with van der Waals surface area (Å²) < 4.78 is 0.